The highest BCUT2D eigenvalue weighted by Gasteiger charge is 2.34. The average Bonchev–Trinajstić information content (AvgIpc) is 3.34. The lowest BCUT2D eigenvalue weighted by atomic mass is 10.2. The lowest BCUT2D eigenvalue weighted by Crippen LogP contribution is -2.48. The minimum Gasteiger partial charge on any atom is -0.482 e. The summed E-state index contributed by atoms with van der Waals surface area (Å²) in [6.45, 7) is -0.419. The zero-order chi connectivity index (χ0) is 24.3. The number of amides is 1. The number of anilines is 1. The van der Waals surface area contributed by atoms with E-state index in [-0.39, 0.29) is 34.9 Å². The Hall–Kier alpha value is -2.82. The Morgan fingerprint density at radius 3 is 2.62 bits per heavy atom. The quantitative estimate of drug-likeness (QED) is 0.572. The van der Waals surface area contributed by atoms with E-state index in [0.29, 0.717) is 11.4 Å². The monoisotopic (exact) mass is 508 g/mol. The molecule has 2 aromatic carbocycles. The average molecular weight is 509 g/mol. The molecule has 0 spiro atoms. The smallest absolute Gasteiger partial charge is 0.348 e. The number of methoxy groups -OCH3 is 1. The molecule has 1 atom stereocenters. The van der Waals surface area contributed by atoms with Gasteiger partial charge in [0.25, 0.3) is 5.91 Å². The largest absolute Gasteiger partial charge is 0.482 e. The van der Waals surface area contributed by atoms with Crippen molar-refractivity contribution in [1.82, 2.24) is 4.72 Å². The number of sulfonamides is 1. The first-order valence-electron chi connectivity index (χ1n) is 10.9. The van der Waals surface area contributed by atoms with Gasteiger partial charge in [0.05, 0.1) is 29.3 Å². The third kappa shape index (κ3) is 5.29. The van der Waals surface area contributed by atoms with Crippen molar-refractivity contribution < 1.29 is 32.2 Å². The summed E-state index contributed by atoms with van der Waals surface area (Å²) in [4.78, 5) is 26.4. The second-order valence-corrected chi connectivity index (χ2v) is 10.2. The first-order valence-corrected chi connectivity index (χ1v) is 12.7. The Kier molecular flexibility index (Phi) is 7.30. The molecular weight excluding hydrogens is 484 g/mol. The van der Waals surface area contributed by atoms with E-state index in [4.69, 9.17) is 25.8 Å². The number of carbonyl (C=O) groups is 2. The van der Waals surface area contributed by atoms with Gasteiger partial charge in [0.15, 0.2) is 6.61 Å². The van der Waals surface area contributed by atoms with Crippen LogP contribution in [0.1, 0.15) is 25.7 Å². The van der Waals surface area contributed by atoms with Crippen LogP contribution in [0.5, 0.6) is 11.5 Å². The molecule has 0 radical (unpaired) electrons. The molecule has 1 aliphatic heterocycles. The Balaban J connectivity index is 1.45. The Morgan fingerprint density at radius 2 is 1.91 bits per heavy atom. The van der Waals surface area contributed by atoms with Gasteiger partial charge in [-0.05, 0) is 43.2 Å². The van der Waals surface area contributed by atoms with Crippen LogP contribution < -0.4 is 19.1 Å². The van der Waals surface area contributed by atoms with Crippen molar-refractivity contribution in [2.45, 2.75) is 42.7 Å². The van der Waals surface area contributed by atoms with Crippen LogP contribution in [0.4, 0.5) is 5.69 Å². The molecule has 9 nitrogen and oxygen atoms in total. The number of nitrogens with one attached hydrogen (secondary N) is 1. The SMILES string of the molecule is COC(=O)[C@@H]1CN(C(=O)COc2ccc(S(=O)(=O)NC3CCCC3)cc2Cl)c2ccccc2O1. The topological polar surface area (TPSA) is 111 Å². The van der Waals surface area contributed by atoms with E-state index < -0.39 is 28.0 Å². The summed E-state index contributed by atoms with van der Waals surface area (Å²) < 4.78 is 44.0. The van der Waals surface area contributed by atoms with Crippen molar-refractivity contribution in [3.8, 4) is 11.5 Å². The third-order valence-electron chi connectivity index (χ3n) is 5.78. The first kappa shape index (κ1) is 24.3. The molecule has 2 aromatic rings. The number of carbonyl (C=O) groups excluding carboxylic acids is 2. The van der Waals surface area contributed by atoms with Gasteiger partial charge in [0, 0.05) is 6.04 Å². The van der Waals surface area contributed by atoms with E-state index in [2.05, 4.69) is 4.72 Å². The van der Waals surface area contributed by atoms with Crippen LogP contribution in [-0.2, 0) is 24.3 Å². The highest BCUT2D eigenvalue weighted by atomic mass is 35.5. The van der Waals surface area contributed by atoms with Crippen LogP contribution in [0.15, 0.2) is 47.4 Å². The third-order valence-corrected chi connectivity index (χ3v) is 7.59. The number of hydrogen-bond donors (Lipinski definition) is 1. The van der Waals surface area contributed by atoms with Crippen LogP contribution in [0.2, 0.25) is 5.02 Å². The maximum absolute atomic E-state index is 13.0. The van der Waals surface area contributed by atoms with Crippen molar-refractivity contribution in [2.75, 3.05) is 25.2 Å². The molecule has 11 heteroatoms. The maximum Gasteiger partial charge on any atom is 0.348 e. The van der Waals surface area contributed by atoms with E-state index >= 15 is 0 Å². The van der Waals surface area contributed by atoms with Gasteiger partial charge in [0.2, 0.25) is 16.1 Å². The van der Waals surface area contributed by atoms with Gasteiger partial charge in [0.1, 0.15) is 11.5 Å². The Bertz CT molecular complexity index is 1180. The van der Waals surface area contributed by atoms with E-state index in [1.165, 1.54) is 30.2 Å². The molecular formula is C23H25ClN2O7S. The number of hydrogen-bond acceptors (Lipinski definition) is 7. The van der Waals surface area contributed by atoms with Crippen molar-refractivity contribution in [3.05, 3.63) is 47.5 Å². The molecule has 1 N–H and O–H groups in total. The molecule has 1 fully saturated rings. The van der Waals surface area contributed by atoms with Crippen LogP contribution >= 0.6 is 11.6 Å². The fourth-order valence-corrected chi connectivity index (χ4v) is 5.67. The number of halogens is 1. The molecule has 0 saturated heterocycles. The Labute approximate surface area is 203 Å². The number of para-hydroxylation sites is 2. The number of esters is 1. The van der Waals surface area contributed by atoms with Crippen molar-refractivity contribution in [1.29, 1.82) is 0 Å². The molecule has 1 amide bonds. The lowest BCUT2D eigenvalue weighted by molar-refractivity contribution is -0.148. The second kappa shape index (κ2) is 10.2. The summed E-state index contributed by atoms with van der Waals surface area (Å²) in [5.74, 6) is -0.486. The summed E-state index contributed by atoms with van der Waals surface area (Å²) in [6.07, 6.45) is 2.67. The molecule has 1 saturated carbocycles. The standard InChI is InChI=1S/C23H25ClN2O7S/c1-31-23(28)21-13-26(18-8-4-5-9-20(18)33-21)22(27)14-32-19-11-10-16(12-17(19)24)34(29,30)25-15-6-2-3-7-15/h4-5,8-12,15,21,25H,2-3,6-7,13-14H2,1H3/t21-/m0/s1. The van der Waals surface area contributed by atoms with Gasteiger partial charge in [-0.1, -0.05) is 36.6 Å². The highest BCUT2D eigenvalue weighted by molar-refractivity contribution is 7.89. The Morgan fingerprint density at radius 1 is 1.18 bits per heavy atom. The molecule has 4 rings (SSSR count). The van der Waals surface area contributed by atoms with Crippen LogP contribution in [0.3, 0.4) is 0 Å². The predicted molar refractivity (Wildman–Crippen MR) is 125 cm³/mol. The number of fused-ring (bicyclic) bond motifs is 1. The minimum absolute atomic E-state index is 0.0334. The number of rotatable bonds is 7. The van der Waals surface area contributed by atoms with Crippen molar-refractivity contribution in [3.63, 3.8) is 0 Å². The maximum atomic E-state index is 13.0. The van der Waals surface area contributed by atoms with E-state index in [1.807, 2.05) is 0 Å². The molecule has 1 aliphatic carbocycles. The molecule has 0 aromatic heterocycles. The number of ether oxygens (including phenoxy) is 3. The van der Waals surface area contributed by atoms with Crippen molar-refractivity contribution >= 4 is 39.2 Å². The summed E-state index contributed by atoms with van der Waals surface area (Å²) >= 11 is 6.26. The van der Waals surface area contributed by atoms with Crippen LogP contribution in [-0.4, -0.2) is 52.7 Å². The zero-order valence-corrected chi connectivity index (χ0v) is 20.1. The van der Waals surface area contributed by atoms with Gasteiger partial charge >= 0.3 is 5.97 Å². The van der Waals surface area contributed by atoms with Gasteiger partial charge in [-0.25, -0.2) is 17.9 Å². The molecule has 182 valence electrons. The van der Waals surface area contributed by atoms with E-state index in [0.717, 1.165) is 25.7 Å². The van der Waals surface area contributed by atoms with Gasteiger partial charge < -0.3 is 19.1 Å². The number of nitrogens with zero attached hydrogens (tertiary/aromatic N) is 1. The fourth-order valence-electron chi connectivity index (χ4n) is 4.04. The van der Waals surface area contributed by atoms with Crippen molar-refractivity contribution in [2.24, 2.45) is 0 Å². The normalized spacial score (nSPS) is 18.2. The highest BCUT2D eigenvalue weighted by Crippen LogP contribution is 2.34. The number of benzene rings is 2. The summed E-state index contributed by atoms with van der Waals surface area (Å²) in [7, 11) is -2.46. The van der Waals surface area contributed by atoms with Crippen LogP contribution in [0, 0.1) is 0 Å². The summed E-state index contributed by atoms with van der Waals surface area (Å²) in [5, 5.41) is 0.0666. The summed E-state index contributed by atoms with van der Waals surface area (Å²) in [6, 6.07) is 10.9. The van der Waals surface area contributed by atoms with E-state index in [1.54, 1.807) is 24.3 Å². The van der Waals surface area contributed by atoms with Gasteiger partial charge in [-0.15, -0.1) is 0 Å². The fraction of sp³-hybridized carbons (Fsp3) is 0.391. The molecule has 1 heterocycles. The lowest BCUT2D eigenvalue weighted by Gasteiger charge is -2.33. The minimum atomic E-state index is -3.70. The van der Waals surface area contributed by atoms with Gasteiger partial charge in [-0.3, -0.25) is 4.79 Å². The first-order chi connectivity index (χ1) is 16.3. The molecule has 2 aliphatic rings. The molecule has 34 heavy (non-hydrogen) atoms. The molecule has 0 unspecified atom stereocenters. The van der Waals surface area contributed by atoms with Crippen LogP contribution in [0.25, 0.3) is 0 Å². The summed E-state index contributed by atoms with van der Waals surface area (Å²) in [5.41, 5.74) is 0.502. The predicted octanol–water partition coefficient (Wildman–Crippen LogP) is 2.91. The van der Waals surface area contributed by atoms with E-state index in [9.17, 15) is 18.0 Å². The van der Waals surface area contributed by atoms with Gasteiger partial charge in [-0.2, -0.15) is 0 Å². The second-order valence-electron chi connectivity index (χ2n) is 8.09. The zero-order valence-electron chi connectivity index (χ0n) is 18.5. The molecule has 0 bridgehead atoms.